The van der Waals surface area contributed by atoms with Crippen molar-refractivity contribution in [3.05, 3.63) is 28.2 Å². The zero-order valence-corrected chi connectivity index (χ0v) is 13.5. The van der Waals surface area contributed by atoms with Crippen molar-refractivity contribution in [2.24, 2.45) is 17.6 Å². The molecule has 0 spiro atoms. The molecule has 110 valence electrons. The van der Waals surface area contributed by atoms with Gasteiger partial charge in [0.2, 0.25) is 0 Å². The lowest BCUT2D eigenvalue weighted by Crippen LogP contribution is -2.15. The topological polar surface area (TPSA) is 54.7 Å². The molecule has 0 bridgehead atoms. The number of hydrogen-bond donors (Lipinski definition) is 2. The summed E-state index contributed by atoms with van der Waals surface area (Å²) in [7, 11) is 0. The highest BCUT2D eigenvalue weighted by Crippen LogP contribution is 2.24. The fourth-order valence-corrected chi connectivity index (χ4v) is 2.85. The largest absolute Gasteiger partial charge is 0.342 e. The van der Waals surface area contributed by atoms with Crippen LogP contribution in [0.25, 0.3) is 11.0 Å². The molecule has 2 rings (SSSR count). The predicted octanol–water partition coefficient (Wildman–Crippen LogP) is 4.02. The monoisotopic (exact) mass is 341 g/mol. The highest BCUT2D eigenvalue weighted by Gasteiger charge is 2.14. The minimum Gasteiger partial charge on any atom is -0.342 e. The van der Waals surface area contributed by atoms with E-state index < -0.39 is 0 Å². The summed E-state index contributed by atoms with van der Waals surface area (Å²) in [5.74, 6) is 1.88. The summed E-state index contributed by atoms with van der Waals surface area (Å²) in [5.41, 5.74) is 7.21. The Hall–Kier alpha value is -0.940. The fraction of sp³-hybridized carbons (Fsp3) is 0.533. The summed E-state index contributed by atoms with van der Waals surface area (Å²) in [4.78, 5) is 7.72. The van der Waals surface area contributed by atoms with Crippen LogP contribution < -0.4 is 5.73 Å². The molecule has 0 aliphatic rings. The number of benzene rings is 1. The molecule has 20 heavy (non-hydrogen) atoms. The number of nitrogens with zero attached hydrogens (tertiary/aromatic N) is 1. The van der Waals surface area contributed by atoms with E-state index in [0.717, 1.165) is 42.7 Å². The summed E-state index contributed by atoms with van der Waals surface area (Å²) in [5, 5.41) is 0. The van der Waals surface area contributed by atoms with Gasteiger partial charge in [-0.05, 0) is 53.2 Å². The Balaban J connectivity index is 2.10. The van der Waals surface area contributed by atoms with Crippen LogP contribution in [0, 0.1) is 17.7 Å². The van der Waals surface area contributed by atoms with E-state index in [-0.39, 0.29) is 5.82 Å². The van der Waals surface area contributed by atoms with Gasteiger partial charge in [0.05, 0.1) is 15.5 Å². The maximum Gasteiger partial charge on any atom is 0.139 e. The zero-order chi connectivity index (χ0) is 14.7. The molecule has 2 aromatic rings. The van der Waals surface area contributed by atoms with Gasteiger partial charge in [-0.25, -0.2) is 9.37 Å². The quantitative estimate of drug-likeness (QED) is 0.833. The van der Waals surface area contributed by atoms with Gasteiger partial charge in [-0.15, -0.1) is 0 Å². The van der Waals surface area contributed by atoms with Crippen LogP contribution >= 0.6 is 15.9 Å². The van der Waals surface area contributed by atoms with Crippen LogP contribution in [0.3, 0.4) is 0 Å². The molecule has 1 unspecified atom stereocenters. The van der Waals surface area contributed by atoms with Gasteiger partial charge in [-0.2, -0.15) is 0 Å². The average Bonchev–Trinajstić information content (AvgIpc) is 2.76. The van der Waals surface area contributed by atoms with Crippen molar-refractivity contribution < 1.29 is 4.39 Å². The molecule has 0 aliphatic heterocycles. The Bertz CT molecular complexity index is 541. The van der Waals surface area contributed by atoms with Gasteiger partial charge < -0.3 is 10.7 Å². The molecular weight excluding hydrogens is 321 g/mol. The molecule has 1 atom stereocenters. The number of fused-ring (bicyclic) bond motifs is 1. The molecule has 3 nitrogen and oxygen atoms in total. The molecule has 0 saturated heterocycles. The second-order valence-corrected chi connectivity index (χ2v) is 6.44. The van der Waals surface area contributed by atoms with E-state index in [1.807, 2.05) is 0 Å². The third kappa shape index (κ3) is 3.58. The first-order chi connectivity index (χ1) is 9.51. The van der Waals surface area contributed by atoms with Crippen LogP contribution in [0.2, 0.25) is 0 Å². The highest BCUT2D eigenvalue weighted by molar-refractivity contribution is 9.10. The lowest BCUT2D eigenvalue weighted by atomic mass is 9.88. The Labute approximate surface area is 127 Å². The van der Waals surface area contributed by atoms with Crippen LogP contribution in [-0.2, 0) is 6.42 Å². The molecule has 0 fully saturated rings. The predicted molar refractivity (Wildman–Crippen MR) is 84.1 cm³/mol. The summed E-state index contributed by atoms with van der Waals surface area (Å²) < 4.78 is 13.9. The van der Waals surface area contributed by atoms with Crippen molar-refractivity contribution in [1.82, 2.24) is 9.97 Å². The Morgan fingerprint density at radius 3 is 2.75 bits per heavy atom. The van der Waals surface area contributed by atoms with Gasteiger partial charge in [0.15, 0.2) is 0 Å². The van der Waals surface area contributed by atoms with Crippen LogP contribution in [0.1, 0.15) is 32.5 Å². The van der Waals surface area contributed by atoms with E-state index in [1.165, 1.54) is 6.07 Å². The average molecular weight is 342 g/mol. The molecular formula is C15H21BrFN3. The number of H-pyrrole nitrogens is 1. The van der Waals surface area contributed by atoms with E-state index >= 15 is 0 Å². The molecule has 1 heterocycles. The first-order valence-electron chi connectivity index (χ1n) is 7.05. The van der Waals surface area contributed by atoms with E-state index in [9.17, 15) is 4.39 Å². The van der Waals surface area contributed by atoms with E-state index in [4.69, 9.17) is 5.73 Å². The third-order valence-corrected chi connectivity index (χ3v) is 4.41. The van der Waals surface area contributed by atoms with Crippen LogP contribution in [-0.4, -0.2) is 16.5 Å². The van der Waals surface area contributed by atoms with Crippen molar-refractivity contribution in [1.29, 1.82) is 0 Å². The Kier molecular flexibility index (Phi) is 5.16. The maximum absolute atomic E-state index is 13.5. The van der Waals surface area contributed by atoms with Gasteiger partial charge in [-0.1, -0.05) is 13.8 Å². The van der Waals surface area contributed by atoms with E-state index in [1.54, 1.807) is 6.07 Å². The van der Waals surface area contributed by atoms with Gasteiger partial charge in [0.1, 0.15) is 11.6 Å². The first-order valence-corrected chi connectivity index (χ1v) is 7.84. The van der Waals surface area contributed by atoms with Gasteiger partial charge in [-0.3, -0.25) is 0 Å². The van der Waals surface area contributed by atoms with Gasteiger partial charge >= 0.3 is 0 Å². The molecule has 3 N–H and O–H groups in total. The van der Waals surface area contributed by atoms with Crippen LogP contribution in [0.15, 0.2) is 16.6 Å². The van der Waals surface area contributed by atoms with E-state index in [0.29, 0.717) is 16.3 Å². The molecule has 0 amide bonds. The number of rotatable bonds is 6. The minimum atomic E-state index is -0.268. The zero-order valence-electron chi connectivity index (χ0n) is 11.9. The summed E-state index contributed by atoms with van der Waals surface area (Å²) in [6.07, 6.45) is 2.97. The van der Waals surface area contributed by atoms with Crippen molar-refractivity contribution >= 4 is 27.0 Å². The molecule has 0 aliphatic carbocycles. The van der Waals surface area contributed by atoms with Crippen molar-refractivity contribution in [2.45, 2.75) is 33.1 Å². The smallest absolute Gasteiger partial charge is 0.139 e. The lowest BCUT2D eigenvalue weighted by molar-refractivity contribution is 0.339. The second-order valence-electron chi connectivity index (χ2n) is 5.59. The first kappa shape index (κ1) is 15.4. The number of imidazole rings is 1. The number of halogens is 2. The normalized spacial score (nSPS) is 13.3. The standard InChI is InChI=1S/C15H21BrFN3/c1-9(2)10(5-6-18)3-4-15-19-13-7-11(16)12(17)8-14(13)20-15/h7-10H,3-6,18H2,1-2H3,(H,19,20). The fourth-order valence-electron chi connectivity index (χ4n) is 2.52. The molecule has 5 heteroatoms. The van der Waals surface area contributed by atoms with Crippen LogP contribution in [0.4, 0.5) is 4.39 Å². The molecule has 1 aromatic carbocycles. The Morgan fingerprint density at radius 2 is 2.10 bits per heavy atom. The number of aromatic nitrogens is 2. The van der Waals surface area contributed by atoms with Gasteiger partial charge in [0, 0.05) is 12.5 Å². The number of aryl methyl sites for hydroxylation is 1. The summed E-state index contributed by atoms with van der Waals surface area (Å²) >= 11 is 3.18. The second kappa shape index (κ2) is 6.68. The number of aromatic amines is 1. The molecule has 1 aromatic heterocycles. The minimum absolute atomic E-state index is 0.268. The third-order valence-electron chi connectivity index (χ3n) is 3.81. The van der Waals surface area contributed by atoms with E-state index in [2.05, 4.69) is 39.7 Å². The van der Waals surface area contributed by atoms with Crippen molar-refractivity contribution in [2.75, 3.05) is 6.54 Å². The van der Waals surface area contributed by atoms with Crippen molar-refractivity contribution in [3.63, 3.8) is 0 Å². The summed E-state index contributed by atoms with van der Waals surface area (Å²) in [6, 6.07) is 3.19. The van der Waals surface area contributed by atoms with Crippen LogP contribution in [0.5, 0.6) is 0 Å². The van der Waals surface area contributed by atoms with Gasteiger partial charge in [0.25, 0.3) is 0 Å². The number of hydrogen-bond acceptors (Lipinski definition) is 2. The summed E-state index contributed by atoms with van der Waals surface area (Å²) in [6.45, 7) is 5.18. The lowest BCUT2D eigenvalue weighted by Gasteiger charge is -2.19. The molecule has 0 radical (unpaired) electrons. The highest BCUT2D eigenvalue weighted by atomic mass is 79.9. The number of nitrogens with two attached hydrogens (primary N) is 1. The SMILES string of the molecule is CC(C)C(CCN)CCc1nc2cc(Br)c(F)cc2[nH]1. The van der Waals surface area contributed by atoms with Crippen molar-refractivity contribution in [3.8, 4) is 0 Å². The number of nitrogens with one attached hydrogen (secondary N) is 1. The Morgan fingerprint density at radius 1 is 1.35 bits per heavy atom. The molecule has 0 saturated carbocycles. The maximum atomic E-state index is 13.5.